The summed E-state index contributed by atoms with van der Waals surface area (Å²) >= 11 is 0. The van der Waals surface area contributed by atoms with Crippen LogP contribution in [-0.2, 0) is 6.54 Å². The Hall–Kier alpha value is -2.88. The Kier molecular flexibility index (Phi) is 6.12. The molecule has 4 nitrogen and oxygen atoms in total. The number of nitrogens with zero attached hydrogens (tertiary/aromatic N) is 2. The predicted octanol–water partition coefficient (Wildman–Crippen LogP) is 3.51. The molecule has 0 fully saturated rings. The topological polar surface area (TPSA) is 45.2 Å². The highest BCUT2D eigenvalue weighted by Gasteiger charge is 2.18. The lowest BCUT2D eigenvalue weighted by Gasteiger charge is -2.22. The van der Waals surface area contributed by atoms with E-state index in [1.165, 1.54) is 0 Å². The third-order valence-electron chi connectivity index (χ3n) is 3.31. The average Bonchev–Trinajstić information content (AvgIpc) is 2.60. The lowest BCUT2D eigenvalue weighted by Crippen LogP contribution is -2.31. The predicted molar refractivity (Wildman–Crippen MR) is 94.3 cm³/mol. The van der Waals surface area contributed by atoms with Crippen molar-refractivity contribution in [3.05, 3.63) is 85.2 Å². The first-order valence-corrected chi connectivity index (χ1v) is 7.50. The molecule has 0 radical (unpaired) electrons. The number of anilines is 1. The van der Waals surface area contributed by atoms with Crippen LogP contribution in [0.5, 0.6) is 0 Å². The van der Waals surface area contributed by atoms with Gasteiger partial charge in [0, 0.05) is 25.0 Å². The third-order valence-corrected chi connectivity index (χ3v) is 3.31. The molecule has 0 bridgehead atoms. The van der Waals surface area contributed by atoms with Gasteiger partial charge < -0.3 is 10.2 Å². The van der Waals surface area contributed by atoms with Crippen LogP contribution >= 0.6 is 0 Å². The van der Waals surface area contributed by atoms with Gasteiger partial charge in [-0.3, -0.25) is 9.78 Å². The van der Waals surface area contributed by atoms with Gasteiger partial charge in [-0.15, -0.1) is 13.2 Å². The van der Waals surface area contributed by atoms with Crippen molar-refractivity contribution in [3.8, 4) is 0 Å². The van der Waals surface area contributed by atoms with E-state index in [9.17, 15) is 4.79 Å². The van der Waals surface area contributed by atoms with Crippen LogP contribution in [0.15, 0.2) is 74.0 Å². The summed E-state index contributed by atoms with van der Waals surface area (Å²) in [7, 11) is 0. The van der Waals surface area contributed by atoms with Gasteiger partial charge in [0.1, 0.15) is 0 Å². The van der Waals surface area contributed by atoms with E-state index in [1.54, 1.807) is 23.2 Å². The van der Waals surface area contributed by atoms with Gasteiger partial charge in [-0.2, -0.15) is 0 Å². The number of carbonyl (C=O) groups excluding carboxylic acids is 1. The number of para-hydroxylation sites is 1. The summed E-state index contributed by atoms with van der Waals surface area (Å²) in [6, 6.07) is 13.2. The first-order chi connectivity index (χ1) is 11.3. The van der Waals surface area contributed by atoms with E-state index in [0.717, 1.165) is 11.4 Å². The molecule has 0 aliphatic carbocycles. The van der Waals surface area contributed by atoms with E-state index in [-0.39, 0.29) is 5.91 Å². The van der Waals surface area contributed by atoms with Crippen LogP contribution in [0.25, 0.3) is 0 Å². The number of aromatic nitrogens is 1. The number of pyridine rings is 1. The summed E-state index contributed by atoms with van der Waals surface area (Å²) in [5, 5.41) is 3.20. The standard InChI is InChI=1S/C19H21N3O/c1-3-12-21-18-11-6-5-10-17(18)19(23)22(14-4-2)15-16-9-7-8-13-20-16/h3-11,13,21H,1-2,12,14-15H2. The van der Waals surface area contributed by atoms with E-state index in [4.69, 9.17) is 0 Å². The van der Waals surface area contributed by atoms with E-state index in [1.807, 2.05) is 42.5 Å². The molecule has 1 aromatic carbocycles. The Balaban J connectivity index is 2.23. The van der Waals surface area contributed by atoms with Gasteiger partial charge in [-0.25, -0.2) is 0 Å². The zero-order chi connectivity index (χ0) is 16.5. The second-order valence-electron chi connectivity index (χ2n) is 5.01. The zero-order valence-corrected chi connectivity index (χ0v) is 13.1. The number of hydrogen-bond donors (Lipinski definition) is 1. The van der Waals surface area contributed by atoms with Crippen LogP contribution in [-0.4, -0.2) is 28.9 Å². The Bertz CT molecular complexity index is 667. The molecule has 23 heavy (non-hydrogen) atoms. The SMILES string of the molecule is C=CCNc1ccccc1C(=O)N(CC=C)Cc1ccccn1. The molecule has 1 aromatic heterocycles. The van der Waals surface area contributed by atoms with Crippen molar-refractivity contribution in [2.24, 2.45) is 0 Å². The Labute approximate surface area is 137 Å². The molecular formula is C19H21N3O. The summed E-state index contributed by atoms with van der Waals surface area (Å²) in [5.74, 6) is -0.0530. The van der Waals surface area contributed by atoms with Crippen molar-refractivity contribution in [1.29, 1.82) is 0 Å². The number of nitrogens with one attached hydrogen (secondary N) is 1. The maximum absolute atomic E-state index is 12.9. The highest BCUT2D eigenvalue weighted by atomic mass is 16.2. The molecule has 0 aliphatic rings. The van der Waals surface area contributed by atoms with Crippen molar-refractivity contribution < 1.29 is 4.79 Å². The zero-order valence-electron chi connectivity index (χ0n) is 13.1. The van der Waals surface area contributed by atoms with Crippen molar-refractivity contribution in [2.45, 2.75) is 6.54 Å². The monoisotopic (exact) mass is 307 g/mol. The summed E-state index contributed by atoms with van der Waals surface area (Å²) in [4.78, 5) is 18.9. The average molecular weight is 307 g/mol. The first kappa shape index (κ1) is 16.5. The molecular weight excluding hydrogens is 286 g/mol. The van der Waals surface area contributed by atoms with E-state index < -0.39 is 0 Å². The summed E-state index contributed by atoms with van der Waals surface area (Å²) in [6.07, 6.45) is 5.21. The Morgan fingerprint density at radius 3 is 2.61 bits per heavy atom. The van der Waals surface area contributed by atoms with Crippen molar-refractivity contribution in [2.75, 3.05) is 18.4 Å². The fraction of sp³-hybridized carbons (Fsp3) is 0.158. The molecule has 1 amide bonds. The molecule has 0 aliphatic heterocycles. The molecule has 0 saturated carbocycles. The van der Waals surface area contributed by atoms with Crippen LogP contribution < -0.4 is 5.32 Å². The molecule has 2 aromatic rings. The van der Waals surface area contributed by atoms with Crippen molar-refractivity contribution >= 4 is 11.6 Å². The van der Waals surface area contributed by atoms with Crippen molar-refractivity contribution in [3.63, 3.8) is 0 Å². The second-order valence-corrected chi connectivity index (χ2v) is 5.01. The number of rotatable bonds is 8. The van der Waals surface area contributed by atoms with Gasteiger partial charge in [0.15, 0.2) is 0 Å². The van der Waals surface area contributed by atoms with E-state index in [0.29, 0.717) is 25.2 Å². The van der Waals surface area contributed by atoms with Gasteiger partial charge >= 0.3 is 0 Å². The summed E-state index contributed by atoms with van der Waals surface area (Å²) in [6.45, 7) is 8.95. The summed E-state index contributed by atoms with van der Waals surface area (Å²) in [5.41, 5.74) is 2.28. The van der Waals surface area contributed by atoms with Gasteiger partial charge in [0.05, 0.1) is 17.8 Å². The van der Waals surface area contributed by atoms with Crippen LogP contribution in [0.2, 0.25) is 0 Å². The van der Waals surface area contributed by atoms with Crippen LogP contribution in [0.1, 0.15) is 16.1 Å². The number of benzene rings is 1. The maximum Gasteiger partial charge on any atom is 0.256 e. The van der Waals surface area contributed by atoms with Gasteiger partial charge in [0.25, 0.3) is 5.91 Å². The molecule has 1 heterocycles. The number of hydrogen-bond acceptors (Lipinski definition) is 3. The molecule has 0 saturated heterocycles. The molecule has 4 heteroatoms. The van der Waals surface area contributed by atoms with Crippen molar-refractivity contribution in [1.82, 2.24) is 9.88 Å². The van der Waals surface area contributed by atoms with E-state index in [2.05, 4.69) is 23.5 Å². The molecule has 2 rings (SSSR count). The summed E-state index contributed by atoms with van der Waals surface area (Å²) < 4.78 is 0. The maximum atomic E-state index is 12.9. The smallest absolute Gasteiger partial charge is 0.256 e. The minimum absolute atomic E-state index is 0.0530. The number of amides is 1. The fourth-order valence-corrected chi connectivity index (χ4v) is 2.24. The molecule has 118 valence electrons. The molecule has 0 spiro atoms. The van der Waals surface area contributed by atoms with E-state index >= 15 is 0 Å². The minimum Gasteiger partial charge on any atom is -0.381 e. The third kappa shape index (κ3) is 4.54. The first-order valence-electron chi connectivity index (χ1n) is 7.50. The highest BCUT2D eigenvalue weighted by molar-refractivity contribution is 5.99. The highest BCUT2D eigenvalue weighted by Crippen LogP contribution is 2.18. The minimum atomic E-state index is -0.0530. The van der Waals surface area contributed by atoms with Gasteiger partial charge in [-0.1, -0.05) is 30.4 Å². The Morgan fingerprint density at radius 1 is 1.13 bits per heavy atom. The largest absolute Gasteiger partial charge is 0.381 e. The van der Waals surface area contributed by atoms with Crippen LogP contribution in [0, 0.1) is 0 Å². The lowest BCUT2D eigenvalue weighted by molar-refractivity contribution is 0.0762. The fourth-order valence-electron chi connectivity index (χ4n) is 2.24. The molecule has 1 N–H and O–H groups in total. The molecule has 0 unspecified atom stereocenters. The molecule has 0 atom stereocenters. The van der Waals surface area contributed by atoms with Crippen LogP contribution in [0.3, 0.4) is 0 Å². The van der Waals surface area contributed by atoms with Gasteiger partial charge in [-0.05, 0) is 24.3 Å². The second kappa shape index (κ2) is 8.54. The normalized spacial score (nSPS) is 9.91. The quantitative estimate of drug-likeness (QED) is 0.759. The Morgan fingerprint density at radius 2 is 1.91 bits per heavy atom. The van der Waals surface area contributed by atoms with Gasteiger partial charge in [0.2, 0.25) is 0 Å². The number of carbonyl (C=O) groups is 1. The van der Waals surface area contributed by atoms with Crippen LogP contribution in [0.4, 0.5) is 5.69 Å². The lowest BCUT2D eigenvalue weighted by atomic mass is 10.1.